The third-order valence-electron chi connectivity index (χ3n) is 12.3. The van der Waals surface area contributed by atoms with Gasteiger partial charge in [0.1, 0.15) is 5.82 Å². The zero-order chi connectivity index (χ0) is 37.8. The van der Waals surface area contributed by atoms with Crippen molar-refractivity contribution in [1.29, 1.82) is 0 Å². The monoisotopic (exact) mass is 725 g/mol. The number of likely N-dealkylation sites (tertiary alicyclic amines) is 1. The standard InChI is InChI=1S/C44H60FN5O3/c1-28-21-34(45)12-11-32(28)23-48-18-15-30-22-31(9-10-33(30)24-48)39-37(27-50-35-13-14-36(50)26-47(8)25-35)46-29(2)38(41(42(51)52)53-43(3,4)5)40(39)49-19-16-44(6,7)17-20-49/h9-12,21-22,35-36,41H,13-20,23-27H2,1-8H3,(H,51,52)/t35?,36?,41-/m0/s1. The molecule has 1 aromatic heterocycles. The Balaban J connectivity index is 1.35. The molecule has 0 radical (unpaired) electrons. The van der Waals surface area contributed by atoms with Crippen LogP contribution in [0.25, 0.3) is 11.1 Å². The number of rotatable bonds is 9. The lowest BCUT2D eigenvalue weighted by atomic mass is 9.81. The number of piperazine rings is 1. The highest BCUT2D eigenvalue weighted by Gasteiger charge is 2.41. The summed E-state index contributed by atoms with van der Waals surface area (Å²) < 4.78 is 20.3. The van der Waals surface area contributed by atoms with Crippen LogP contribution in [0.3, 0.4) is 0 Å². The fourth-order valence-corrected chi connectivity index (χ4v) is 9.35. The largest absolute Gasteiger partial charge is 0.479 e. The summed E-state index contributed by atoms with van der Waals surface area (Å²) in [4.78, 5) is 28.7. The van der Waals surface area contributed by atoms with Gasteiger partial charge in [-0.25, -0.2) is 9.18 Å². The van der Waals surface area contributed by atoms with Crippen LogP contribution in [0, 0.1) is 25.1 Å². The molecule has 2 bridgehead atoms. The lowest BCUT2D eigenvalue weighted by Gasteiger charge is -2.42. The summed E-state index contributed by atoms with van der Waals surface area (Å²) in [6, 6.07) is 13.0. The van der Waals surface area contributed by atoms with Crippen LogP contribution in [-0.4, -0.2) is 88.2 Å². The number of aliphatic carboxylic acids is 1. The van der Waals surface area contributed by atoms with E-state index in [1.54, 1.807) is 12.1 Å². The molecule has 0 amide bonds. The highest BCUT2D eigenvalue weighted by molar-refractivity contribution is 5.88. The van der Waals surface area contributed by atoms with Crippen molar-refractivity contribution >= 4 is 11.7 Å². The number of carboxylic acids is 1. The maximum Gasteiger partial charge on any atom is 0.337 e. The maximum atomic E-state index is 13.8. The Hall–Kier alpha value is -3.37. The molecule has 3 fully saturated rings. The van der Waals surface area contributed by atoms with E-state index in [9.17, 15) is 14.3 Å². The highest BCUT2D eigenvalue weighted by atomic mass is 19.1. The third-order valence-corrected chi connectivity index (χ3v) is 12.3. The molecule has 1 N–H and O–H groups in total. The summed E-state index contributed by atoms with van der Waals surface area (Å²) in [7, 11) is 2.23. The number of fused-ring (bicyclic) bond motifs is 3. The van der Waals surface area contributed by atoms with E-state index in [0.717, 1.165) is 111 Å². The summed E-state index contributed by atoms with van der Waals surface area (Å²) in [5.74, 6) is -1.18. The normalized spacial score (nSPS) is 22.9. The SMILES string of the molecule is Cc1cc(F)ccc1CN1CCc2cc(-c3c(CN4C5CCC4CN(C)C5)nc(C)c([C@H](OC(C)(C)C)C(=O)O)c3N3CCC(C)(C)CC3)ccc2C1. The Morgan fingerprint density at radius 3 is 2.34 bits per heavy atom. The van der Waals surface area contributed by atoms with Crippen molar-refractivity contribution in [2.75, 3.05) is 44.7 Å². The number of anilines is 1. The quantitative estimate of drug-likeness (QED) is 0.239. The molecule has 4 aliphatic heterocycles. The number of carboxylic acid groups (broad SMARTS) is 1. The van der Waals surface area contributed by atoms with Crippen molar-refractivity contribution in [3.63, 3.8) is 0 Å². The summed E-state index contributed by atoms with van der Waals surface area (Å²) in [6.45, 7) is 21.5. The minimum atomic E-state index is -1.15. The number of aryl methyl sites for hydroxylation is 2. The average Bonchev–Trinajstić information content (AvgIpc) is 3.31. The summed E-state index contributed by atoms with van der Waals surface area (Å²) in [6.07, 6.45) is 4.20. The molecule has 7 rings (SSSR count). The molecule has 4 aliphatic rings. The van der Waals surface area contributed by atoms with Gasteiger partial charge in [-0.1, -0.05) is 38.1 Å². The Bertz CT molecular complexity index is 1830. The molecule has 2 aromatic carbocycles. The molecule has 8 nitrogen and oxygen atoms in total. The van der Waals surface area contributed by atoms with E-state index < -0.39 is 17.7 Å². The first-order chi connectivity index (χ1) is 25.0. The molecule has 2 unspecified atom stereocenters. The first-order valence-electron chi connectivity index (χ1n) is 19.8. The highest BCUT2D eigenvalue weighted by Crippen LogP contribution is 2.46. The van der Waals surface area contributed by atoms with E-state index in [1.165, 1.54) is 24.0 Å². The number of carbonyl (C=O) groups is 1. The van der Waals surface area contributed by atoms with Gasteiger partial charge < -0.3 is 19.6 Å². The van der Waals surface area contributed by atoms with Gasteiger partial charge in [0, 0.05) is 81.3 Å². The minimum Gasteiger partial charge on any atom is -0.479 e. The van der Waals surface area contributed by atoms with E-state index in [-0.39, 0.29) is 11.2 Å². The van der Waals surface area contributed by atoms with Gasteiger partial charge in [0.25, 0.3) is 0 Å². The Kier molecular flexibility index (Phi) is 10.5. The van der Waals surface area contributed by atoms with Crippen molar-refractivity contribution in [1.82, 2.24) is 19.7 Å². The number of aromatic nitrogens is 1. The number of nitrogens with zero attached hydrogens (tertiary/aromatic N) is 5. The Labute approximate surface area is 316 Å². The number of benzene rings is 2. The second-order valence-electron chi connectivity index (χ2n) is 18.2. The summed E-state index contributed by atoms with van der Waals surface area (Å²) in [5, 5.41) is 10.8. The predicted molar refractivity (Wildman–Crippen MR) is 210 cm³/mol. The lowest BCUT2D eigenvalue weighted by Crippen LogP contribution is -2.51. The smallest absolute Gasteiger partial charge is 0.337 e. The van der Waals surface area contributed by atoms with Crippen LogP contribution in [0.4, 0.5) is 10.1 Å². The molecule has 3 atom stereocenters. The zero-order valence-corrected chi connectivity index (χ0v) is 33.3. The van der Waals surface area contributed by atoms with Crippen LogP contribution in [0.5, 0.6) is 0 Å². The van der Waals surface area contributed by atoms with Crippen LogP contribution in [0.15, 0.2) is 36.4 Å². The third kappa shape index (κ3) is 8.19. The molecule has 53 heavy (non-hydrogen) atoms. The van der Waals surface area contributed by atoms with Crippen molar-refractivity contribution in [2.24, 2.45) is 5.41 Å². The van der Waals surface area contributed by atoms with Crippen molar-refractivity contribution < 1.29 is 19.0 Å². The first-order valence-corrected chi connectivity index (χ1v) is 19.8. The number of piperidine rings is 1. The fraction of sp³-hybridized carbons (Fsp3) is 0.591. The number of likely N-dealkylation sites (N-methyl/N-ethyl adjacent to an activating group) is 1. The molecule has 3 saturated heterocycles. The first kappa shape index (κ1) is 37.9. The minimum absolute atomic E-state index is 0.191. The molecule has 0 saturated carbocycles. The molecule has 5 heterocycles. The van der Waals surface area contributed by atoms with Gasteiger partial charge in [0.15, 0.2) is 6.10 Å². The average molecular weight is 726 g/mol. The summed E-state index contributed by atoms with van der Waals surface area (Å²) >= 11 is 0. The lowest BCUT2D eigenvalue weighted by molar-refractivity contribution is -0.160. The topological polar surface area (TPSA) is 72.4 Å². The van der Waals surface area contributed by atoms with Crippen LogP contribution >= 0.6 is 0 Å². The van der Waals surface area contributed by atoms with E-state index >= 15 is 0 Å². The second kappa shape index (κ2) is 14.7. The number of halogens is 1. The number of pyridine rings is 1. The summed E-state index contributed by atoms with van der Waals surface area (Å²) in [5.41, 5.74) is 9.96. The van der Waals surface area contributed by atoms with Crippen molar-refractivity contribution in [3.05, 3.63) is 81.4 Å². The van der Waals surface area contributed by atoms with Gasteiger partial charge >= 0.3 is 5.97 Å². The maximum absolute atomic E-state index is 13.8. The number of hydrogen-bond donors (Lipinski definition) is 1. The van der Waals surface area contributed by atoms with Gasteiger partial charge in [-0.2, -0.15) is 0 Å². The van der Waals surface area contributed by atoms with Gasteiger partial charge in [-0.05, 0) is 119 Å². The van der Waals surface area contributed by atoms with E-state index in [4.69, 9.17) is 9.72 Å². The van der Waals surface area contributed by atoms with Crippen LogP contribution < -0.4 is 4.90 Å². The second-order valence-corrected chi connectivity index (χ2v) is 18.2. The fourth-order valence-electron chi connectivity index (χ4n) is 9.35. The van der Waals surface area contributed by atoms with Gasteiger partial charge in [0.05, 0.1) is 17.0 Å². The van der Waals surface area contributed by atoms with Gasteiger partial charge in [0.2, 0.25) is 0 Å². The Morgan fingerprint density at radius 2 is 1.70 bits per heavy atom. The van der Waals surface area contributed by atoms with Crippen molar-refractivity contribution in [3.8, 4) is 11.1 Å². The van der Waals surface area contributed by atoms with Gasteiger partial charge in [-0.3, -0.25) is 14.8 Å². The van der Waals surface area contributed by atoms with E-state index in [0.29, 0.717) is 17.6 Å². The van der Waals surface area contributed by atoms with Gasteiger partial charge in [-0.15, -0.1) is 0 Å². The van der Waals surface area contributed by atoms with E-state index in [1.807, 2.05) is 40.7 Å². The predicted octanol–water partition coefficient (Wildman–Crippen LogP) is 7.91. The Morgan fingerprint density at radius 1 is 1.00 bits per heavy atom. The zero-order valence-electron chi connectivity index (χ0n) is 33.3. The van der Waals surface area contributed by atoms with Crippen LogP contribution in [-0.2, 0) is 35.6 Å². The number of hydrogen-bond acceptors (Lipinski definition) is 7. The number of ether oxygens (including phenoxy) is 1. The molecule has 0 spiro atoms. The van der Waals surface area contributed by atoms with Crippen molar-refractivity contribution in [2.45, 2.75) is 124 Å². The van der Waals surface area contributed by atoms with E-state index in [2.05, 4.69) is 58.7 Å². The van der Waals surface area contributed by atoms with Crippen LogP contribution in [0.1, 0.15) is 106 Å². The molecule has 286 valence electrons. The molecule has 3 aromatic rings. The van der Waals surface area contributed by atoms with Crippen LogP contribution in [0.2, 0.25) is 0 Å². The molecule has 0 aliphatic carbocycles. The molecular formula is C44H60FN5O3. The molecular weight excluding hydrogens is 666 g/mol. The molecule has 9 heteroatoms.